The van der Waals surface area contributed by atoms with Crippen LogP contribution in [-0.4, -0.2) is 10.2 Å². The molecule has 0 bridgehead atoms. The van der Waals surface area contributed by atoms with E-state index in [1.807, 2.05) is 24.3 Å². The standard InChI is InChI=1S/C53H34O2/c54-41-23-19-39(20-24-41)53(40-21-25-42(55)26-22-40)49-27-17-37(51-43-13-5-1-9-33(43)29-34-10-2-6-14-44(34)51)31-47(49)48-32-38(18-28-50(48)53)52-45-15-7-3-11-35(45)30-36-12-4-8-16-46(36)52/h1-32,54-55H. The summed E-state index contributed by atoms with van der Waals surface area (Å²) in [5.74, 6) is 0.443. The Morgan fingerprint density at radius 3 is 0.982 bits per heavy atom. The Hall–Kier alpha value is -7.16. The third-order valence-electron chi connectivity index (χ3n) is 11.9. The van der Waals surface area contributed by atoms with Crippen molar-refractivity contribution in [3.05, 3.63) is 216 Å². The number of rotatable bonds is 4. The second-order valence-electron chi connectivity index (χ2n) is 14.8. The van der Waals surface area contributed by atoms with Crippen molar-refractivity contribution in [2.45, 2.75) is 5.41 Å². The minimum absolute atomic E-state index is 0.222. The van der Waals surface area contributed by atoms with E-state index in [0.29, 0.717) is 0 Å². The molecule has 258 valence electrons. The minimum atomic E-state index is -0.717. The highest BCUT2D eigenvalue weighted by Gasteiger charge is 2.46. The zero-order valence-electron chi connectivity index (χ0n) is 29.9. The molecule has 0 saturated heterocycles. The van der Waals surface area contributed by atoms with Gasteiger partial charge in [0.05, 0.1) is 5.41 Å². The smallest absolute Gasteiger partial charge is 0.115 e. The molecule has 2 nitrogen and oxygen atoms in total. The van der Waals surface area contributed by atoms with Crippen LogP contribution in [0.25, 0.3) is 76.5 Å². The van der Waals surface area contributed by atoms with E-state index in [1.54, 1.807) is 24.3 Å². The zero-order valence-corrected chi connectivity index (χ0v) is 29.9. The summed E-state index contributed by atoms with van der Waals surface area (Å²) in [7, 11) is 0. The van der Waals surface area contributed by atoms with Crippen molar-refractivity contribution in [2.24, 2.45) is 0 Å². The Morgan fingerprint density at radius 2 is 0.636 bits per heavy atom. The monoisotopic (exact) mass is 702 g/mol. The van der Waals surface area contributed by atoms with Gasteiger partial charge in [0.2, 0.25) is 0 Å². The summed E-state index contributed by atoms with van der Waals surface area (Å²) in [6, 6.07) is 68.6. The first kappa shape index (κ1) is 31.4. The summed E-state index contributed by atoms with van der Waals surface area (Å²) in [5, 5.41) is 30.8. The van der Waals surface area contributed by atoms with Gasteiger partial charge >= 0.3 is 0 Å². The van der Waals surface area contributed by atoms with Gasteiger partial charge in [0.15, 0.2) is 0 Å². The van der Waals surface area contributed by atoms with Crippen molar-refractivity contribution in [3.63, 3.8) is 0 Å². The summed E-state index contributed by atoms with van der Waals surface area (Å²) < 4.78 is 0. The molecule has 0 spiro atoms. The first-order valence-corrected chi connectivity index (χ1v) is 18.8. The Balaban J connectivity index is 1.27. The third-order valence-corrected chi connectivity index (χ3v) is 11.9. The maximum Gasteiger partial charge on any atom is 0.115 e. The summed E-state index contributed by atoms with van der Waals surface area (Å²) in [6.45, 7) is 0. The van der Waals surface area contributed by atoms with E-state index in [4.69, 9.17) is 0 Å². The Labute approximate surface area is 318 Å². The summed E-state index contributed by atoms with van der Waals surface area (Å²) >= 11 is 0. The molecule has 1 aliphatic rings. The van der Waals surface area contributed by atoms with Gasteiger partial charge in [-0.05, 0) is 147 Å². The lowest BCUT2D eigenvalue weighted by Gasteiger charge is -2.34. The van der Waals surface area contributed by atoms with Gasteiger partial charge in [0, 0.05) is 0 Å². The molecule has 2 heteroatoms. The lowest BCUT2D eigenvalue weighted by molar-refractivity contribution is 0.475. The summed E-state index contributed by atoms with van der Waals surface area (Å²) in [6.07, 6.45) is 0. The first-order valence-electron chi connectivity index (χ1n) is 18.8. The highest BCUT2D eigenvalue weighted by atomic mass is 16.3. The van der Waals surface area contributed by atoms with Crippen LogP contribution < -0.4 is 0 Å². The Bertz CT molecular complexity index is 2830. The molecular weight excluding hydrogens is 669 g/mol. The molecular formula is C53H34O2. The van der Waals surface area contributed by atoms with Crippen molar-refractivity contribution in [3.8, 4) is 44.9 Å². The summed E-state index contributed by atoms with van der Waals surface area (Å²) in [4.78, 5) is 0. The van der Waals surface area contributed by atoms with E-state index in [0.717, 1.165) is 44.5 Å². The van der Waals surface area contributed by atoms with E-state index in [9.17, 15) is 10.2 Å². The minimum Gasteiger partial charge on any atom is -0.508 e. The van der Waals surface area contributed by atoms with Gasteiger partial charge < -0.3 is 10.2 Å². The van der Waals surface area contributed by atoms with E-state index >= 15 is 0 Å². The molecule has 0 saturated carbocycles. The molecule has 0 aliphatic heterocycles. The number of aromatic hydroxyl groups is 2. The Morgan fingerprint density at radius 1 is 0.309 bits per heavy atom. The quantitative estimate of drug-likeness (QED) is 0.179. The molecule has 0 radical (unpaired) electrons. The first-order chi connectivity index (χ1) is 27.1. The van der Waals surface area contributed by atoms with Gasteiger partial charge in [-0.2, -0.15) is 0 Å². The molecule has 0 fully saturated rings. The number of fused-ring (bicyclic) bond motifs is 7. The maximum absolute atomic E-state index is 10.5. The predicted molar refractivity (Wildman–Crippen MR) is 228 cm³/mol. The van der Waals surface area contributed by atoms with Crippen LogP contribution in [0, 0.1) is 0 Å². The SMILES string of the molecule is Oc1ccc(C2(c3ccc(O)cc3)c3ccc(-c4c5ccccc5cc5ccccc45)cc3-c3cc(-c4c5ccccc5cc5ccccc45)ccc32)cc1. The normalized spacial score (nSPS) is 13.0. The van der Waals surface area contributed by atoms with Gasteiger partial charge in [0.25, 0.3) is 0 Å². The number of hydrogen-bond acceptors (Lipinski definition) is 2. The molecule has 0 heterocycles. The largest absolute Gasteiger partial charge is 0.508 e. The third kappa shape index (κ3) is 4.62. The number of hydrogen-bond donors (Lipinski definition) is 2. The van der Waals surface area contributed by atoms with Crippen molar-refractivity contribution >= 4 is 43.1 Å². The lowest BCUT2D eigenvalue weighted by Crippen LogP contribution is -2.28. The van der Waals surface area contributed by atoms with Gasteiger partial charge in [0.1, 0.15) is 11.5 Å². The van der Waals surface area contributed by atoms with Crippen molar-refractivity contribution in [1.82, 2.24) is 0 Å². The summed E-state index contributed by atoms with van der Waals surface area (Å²) in [5.41, 5.74) is 10.8. The van der Waals surface area contributed by atoms with E-state index in [1.165, 1.54) is 54.2 Å². The highest BCUT2D eigenvalue weighted by molar-refractivity contribution is 6.15. The molecule has 55 heavy (non-hydrogen) atoms. The molecule has 0 atom stereocenters. The predicted octanol–water partition coefficient (Wildman–Crippen LogP) is 13.4. The van der Waals surface area contributed by atoms with Crippen LogP contribution in [0.2, 0.25) is 0 Å². The van der Waals surface area contributed by atoms with E-state index in [-0.39, 0.29) is 11.5 Å². The molecule has 10 aromatic rings. The van der Waals surface area contributed by atoms with Crippen LogP contribution in [0.4, 0.5) is 0 Å². The topological polar surface area (TPSA) is 40.5 Å². The fourth-order valence-corrected chi connectivity index (χ4v) is 9.51. The van der Waals surface area contributed by atoms with Crippen molar-refractivity contribution in [2.75, 3.05) is 0 Å². The number of benzene rings is 10. The van der Waals surface area contributed by atoms with Gasteiger partial charge in [-0.3, -0.25) is 0 Å². The second-order valence-corrected chi connectivity index (χ2v) is 14.8. The van der Waals surface area contributed by atoms with Crippen LogP contribution in [0.15, 0.2) is 194 Å². The average molecular weight is 703 g/mol. The number of phenolic OH excluding ortho intramolecular Hbond substituents is 2. The molecule has 1 aliphatic carbocycles. The number of phenols is 2. The van der Waals surface area contributed by atoms with Gasteiger partial charge in [-0.1, -0.05) is 146 Å². The van der Waals surface area contributed by atoms with Crippen LogP contribution >= 0.6 is 0 Å². The van der Waals surface area contributed by atoms with Crippen LogP contribution in [0.3, 0.4) is 0 Å². The molecule has 0 amide bonds. The molecule has 0 unspecified atom stereocenters. The van der Waals surface area contributed by atoms with Crippen molar-refractivity contribution in [1.29, 1.82) is 0 Å². The fraction of sp³-hybridized carbons (Fsp3) is 0.0189. The maximum atomic E-state index is 10.5. The van der Waals surface area contributed by atoms with Gasteiger partial charge in [-0.25, -0.2) is 0 Å². The lowest BCUT2D eigenvalue weighted by atomic mass is 9.67. The fourth-order valence-electron chi connectivity index (χ4n) is 9.51. The van der Waals surface area contributed by atoms with Gasteiger partial charge in [-0.15, -0.1) is 0 Å². The highest BCUT2D eigenvalue weighted by Crippen LogP contribution is 2.58. The van der Waals surface area contributed by atoms with Crippen LogP contribution in [-0.2, 0) is 5.41 Å². The average Bonchev–Trinajstić information content (AvgIpc) is 3.52. The molecule has 11 rings (SSSR count). The van der Waals surface area contributed by atoms with E-state index < -0.39 is 5.41 Å². The van der Waals surface area contributed by atoms with E-state index in [2.05, 4.69) is 146 Å². The molecule has 10 aromatic carbocycles. The Kier molecular flexibility index (Phi) is 6.80. The van der Waals surface area contributed by atoms with Crippen LogP contribution in [0.5, 0.6) is 11.5 Å². The molecule has 2 N–H and O–H groups in total. The second kappa shape index (κ2) is 11.9. The van der Waals surface area contributed by atoms with Crippen molar-refractivity contribution < 1.29 is 10.2 Å². The van der Waals surface area contributed by atoms with Crippen LogP contribution in [0.1, 0.15) is 22.3 Å². The molecule has 0 aromatic heterocycles. The zero-order chi connectivity index (χ0) is 36.7.